The van der Waals surface area contributed by atoms with Crippen molar-refractivity contribution in [2.45, 2.75) is 6.10 Å². The first-order chi connectivity index (χ1) is 14.4. The van der Waals surface area contributed by atoms with E-state index in [2.05, 4.69) is 15.0 Å². The fourth-order valence-corrected chi connectivity index (χ4v) is 3.26. The molecule has 10 heteroatoms. The maximum atomic E-state index is 13.5. The van der Waals surface area contributed by atoms with Gasteiger partial charge in [0.2, 0.25) is 5.95 Å². The van der Waals surface area contributed by atoms with E-state index in [1.807, 2.05) is 0 Å². The molecule has 1 fully saturated rings. The van der Waals surface area contributed by atoms with Crippen molar-refractivity contribution >= 4 is 11.7 Å². The number of ether oxygens (including phenoxy) is 1. The highest BCUT2D eigenvalue weighted by molar-refractivity contribution is 6.00. The lowest BCUT2D eigenvalue weighted by Gasteiger charge is -2.33. The largest absolute Gasteiger partial charge is 0.366 e. The number of carbonyl (C=O) groups excluding carboxylic acids is 1. The van der Waals surface area contributed by atoms with Gasteiger partial charge in [-0.25, -0.2) is 23.7 Å². The van der Waals surface area contributed by atoms with Gasteiger partial charge in [-0.2, -0.15) is 0 Å². The summed E-state index contributed by atoms with van der Waals surface area (Å²) >= 11 is 0. The van der Waals surface area contributed by atoms with Crippen LogP contribution in [0.15, 0.2) is 47.7 Å². The van der Waals surface area contributed by atoms with E-state index in [1.165, 1.54) is 17.0 Å². The van der Waals surface area contributed by atoms with E-state index in [-0.39, 0.29) is 24.3 Å². The Morgan fingerprint density at radius 2 is 1.93 bits per heavy atom. The highest BCUT2D eigenvalue weighted by Gasteiger charge is 2.30. The molecule has 30 heavy (non-hydrogen) atoms. The molecule has 2 aromatic heterocycles. The first-order valence-corrected chi connectivity index (χ1v) is 9.13. The number of hydrogen-bond acceptors (Lipinski definition) is 7. The van der Waals surface area contributed by atoms with Crippen LogP contribution in [0.4, 0.5) is 14.7 Å². The van der Waals surface area contributed by atoms with E-state index in [0.717, 1.165) is 12.1 Å². The summed E-state index contributed by atoms with van der Waals surface area (Å²) in [5.41, 5.74) is 0.447. The number of Topliss-reactive ketones (excluding diaryl/α,β-unsaturated/α-hetero) is 1. The number of carbonyl (C=O) groups is 1. The monoisotopic (exact) mass is 413 g/mol. The van der Waals surface area contributed by atoms with Crippen molar-refractivity contribution in [3.05, 3.63) is 70.4 Å². The predicted octanol–water partition coefficient (Wildman–Crippen LogP) is 1.60. The maximum absolute atomic E-state index is 13.5. The summed E-state index contributed by atoms with van der Waals surface area (Å²) < 4.78 is 33.9. The number of rotatable bonds is 4. The Labute approximate surface area is 169 Å². The number of nitrogens with zero attached hydrogens (tertiary/aromatic N) is 5. The van der Waals surface area contributed by atoms with E-state index in [4.69, 9.17) is 4.74 Å². The van der Waals surface area contributed by atoms with Crippen LogP contribution in [0.5, 0.6) is 0 Å². The molecule has 0 bridgehead atoms. The summed E-state index contributed by atoms with van der Waals surface area (Å²) in [7, 11) is 1.57. The van der Waals surface area contributed by atoms with Gasteiger partial charge >= 0.3 is 0 Å². The number of ketones is 1. The quantitative estimate of drug-likeness (QED) is 0.600. The van der Waals surface area contributed by atoms with Crippen LogP contribution >= 0.6 is 0 Å². The normalized spacial score (nSPS) is 16.5. The molecule has 0 amide bonds. The third-order valence-electron chi connectivity index (χ3n) is 4.74. The fraction of sp³-hybridized carbons (Fsp3) is 0.250. The second-order valence-corrected chi connectivity index (χ2v) is 6.76. The Morgan fingerprint density at radius 1 is 1.17 bits per heavy atom. The molecule has 0 aliphatic carbocycles. The van der Waals surface area contributed by atoms with Gasteiger partial charge in [0, 0.05) is 37.5 Å². The molecule has 1 saturated heterocycles. The van der Waals surface area contributed by atoms with E-state index in [1.54, 1.807) is 24.2 Å². The maximum Gasteiger partial charge on any atom is 0.255 e. The van der Waals surface area contributed by atoms with Crippen LogP contribution in [-0.4, -0.2) is 51.1 Å². The molecule has 1 unspecified atom stereocenters. The molecule has 0 radical (unpaired) electrons. The van der Waals surface area contributed by atoms with E-state index >= 15 is 0 Å². The van der Waals surface area contributed by atoms with Crippen molar-refractivity contribution in [1.82, 2.24) is 19.5 Å². The molecule has 1 aliphatic rings. The molecule has 154 valence electrons. The lowest BCUT2D eigenvalue weighted by molar-refractivity contribution is 0.0336. The van der Waals surface area contributed by atoms with Crippen LogP contribution in [-0.2, 0) is 11.8 Å². The van der Waals surface area contributed by atoms with Gasteiger partial charge in [-0.3, -0.25) is 14.2 Å². The molecule has 8 nitrogen and oxygen atoms in total. The minimum Gasteiger partial charge on any atom is -0.366 e. The molecule has 3 aromatic rings. The minimum absolute atomic E-state index is 0.0739. The Hall–Kier alpha value is -3.53. The zero-order chi connectivity index (χ0) is 21.3. The van der Waals surface area contributed by atoms with E-state index in [0.29, 0.717) is 29.9 Å². The lowest BCUT2D eigenvalue weighted by Crippen LogP contribution is -2.48. The van der Waals surface area contributed by atoms with Gasteiger partial charge in [-0.05, 0) is 18.2 Å². The van der Waals surface area contributed by atoms with Gasteiger partial charge in [0.15, 0.2) is 5.78 Å². The summed E-state index contributed by atoms with van der Waals surface area (Å²) in [6, 6.07) is 5.64. The molecule has 0 spiro atoms. The molecule has 1 aromatic carbocycles. The average Bonchev–Trinajstić information content (AvgIpc) is 2.75. The van der Waals surface area contributed by atoms with Crippen LogP contribution in [0, 0.1) is 11.6 Å². The van der Waals surface area contributed by atoms with Crippen LogP contribution in [0.25, 0.3) is 11.4 Å². The van der Waals surface area contributed by atoms with Gasteiger partial charge in [0.05, 0.1) is 24.5 Å². The summed E-state index contributed by atoms with van der Waals surface area (Å²) in [5.74, 6) is -1.89. The van der Waals surface area contributed by atoms with Crippen molar-refractivity contribution in [1.29, 1.82) is 0 Å². The van der Waals surface area contributed by atoms with Crippen molar-refractivity contribution < 1.29 is 18.3 Å². The number of hydrogen-bond donors (Lipinski definition) is 0. The lowest BCUT2D eigenvalue weighted by atomic mass is 10.0. The fourth-order valence-electron chi connectivity index (χ4n) is 3.26. The van der Waals surface area contributed by atoms with Gasteiger partial charge in [0.1, 0.15) is 24.1 Å². The standard InChI is InChI=1S/C20H17F2N5O3/c1-26-18(28)9-16(15-2-3-23-11-24-15)25-20(26)27-4-5-30-17(10-27)19(29)12-6-13(21)8-14(22)7-12/h2-3,6-9,11,17H,4-5,10H2,1H3. The van der Waals surface area contributed by atoms with Crippen molar-refractivity contribution in [3.8, 4) is 11.4 Å². The zero-order valence-electron chi connectivity index (χ0n) is 16.0. The number of anilines is 1. The Bertz CT molecular complexity index is 1130. The summed E-state index contributed by atoms with van der Waals surface area (Å²) in [4.78, 5) is 39.4. The number of morpholine rings is 1. The summed E-state index contributed by atoms with van der Waals surface area (Å²) in [5, 5.41) is 0. The Kier molecular flexibility index (Phi) is 5.32. The molecule has 1 atom stereocenters. The average molecular weight is 413 g/mol. The Balaban J connectivity index is 1.64. The highest BCUT2D eigenvalue weighted by atomic mass is 19.1. The Morgan fingerprint density at radius 3 is 2.63 bits per heavy atom. The smallest absolute Gasteiger partial charge is 0.255 e. The van der Waals surface area contributed by atoms with Gasteiger partial charge in [0.25, 0.3) is 5.56 Å². The van der Waals surface area contributed by atoms with E-state index in [9.17, 15) is 18.4 Å². The topological polar surface area (TPSA) is 90.2 Å². The SMILES string of the molecule is Cn1c(N2CCOC(C(=O)c3cc(F)cc(F)c3)C2)nc(-c2ccncn2)cc1=O. The van der Waals surface area contributed by atoms with Gasteiger partial charge in [-0.1, -0.05) is 0 Å². The molecule has 1 aliphatic heterocycles. The summed E-state index contributed by atoms with van der Waals surface area (Å²) in [6.45, 7) is 0.640. The third kappa shape index (κ3) is 3.94. The highest BCUT2D eigenvalue weighted by Crippen LogP contribution is 2.20. The van der Waals surface area contributed by atoms with Crippen molar-refractivity contribution in [3.63, 3.8) is 0 Å². The van der Waals surface area contributed by atoms with Crippen molar-refractivity contribution in [2.75, 3.05) is 24.6 Å². The van der Waals surface area contributed by atoms with Gasteiger partial charge < -0.3 is 9.64 Å². The van der Waals surface area contributed by atoms with Crippen molar-refractivity contribution in [2.24, 2.45) is 7.05 Å². The first-order valence-electron chi connectivity index (χ1n) is 9.13. The van der Waals surface area contributed by atoms with Gasteiger partial charge in [-0.15, -0.1) is 0 Å². The molecule has 0 N–H and O–H groups in total. The zero-order valence-corrected chi connectivity index (χ0v) is 16.0. The molecular weight excluding hydrogens is 396 g/mol. The molecule has 3 heterocycles. The predicted molar refractivity (Wildman–Crippen MR) is 103 cm³/mol. The number of aromatic nitrogens is 4. The van der Waals surface area contributed by atoms with Crippen LogP contribution < -0.4 is 10.5 Å². The third-order valence-corrected chi connectivity index (χ3v) is 4.74. The molecular formula is C20H17F2N5O3. The van der Waals surface area contributed by atoms with E-state index < -0.39 is 23.5 Å². The second-order valence-electron chi connectivity index (χ2n) is 6.76. The number of benzene rings is 1. The van der Waals surface area contributed by atoms with Crippen LogP contribution in [0.3, 0.4) is 0 Å². The minimum atomic E-state index is -0.959. The first kappa shape index (κ1) is 19.8. The molecule has 0 saturated carbocycles. The second kappa shape index (κ2) is 8.07. The molecule has 4 rings (SSSR count). The van der Waals surface area contributed by atoms with Crippen LogP contribution in [0.2, 0.25) is 0 Å². The number of halogens is 2. The van der Waals surface area contributed by atoms with Crippen LogP contribution in [0.1, 0.15) is 10.4 Å². The summed E-state index contributed by atoms with van der Waals surface area (Å²) in [6.07, 6.45) is 1.94.